The second-order valence-corrected chi connectivity index (χ2v) is 15.7. The van der Waals surface area contributed by atoms with Gasteiger partial charge in [-0.3, -0.25) is 0 Å². The van der Waals surface area contributed by atoms with Crippen LogP contribution in [0.4, 0.5) is 0 Å². The topological polar surface area (TPSA) is 27.9 Å². The summed E-state index contributed by atoms with van der Waals surface area (Å²) in [5, 5.41) is 14.7. The molecule has 4 heterocycles. The summed E-state index contributed by atoms with van der Waals surface area (Å²) >= 11 is 0. The molecule has 4 heteroatoms. The van der Waals surface area contributed by atoms with Crippen LogP contribution in [0.3, 0.4) is 0 Å². The summed E-state index contributed by atoms with van der Waals surface area (Å²) in [4.78, 5) is 0. The van der Waals surface area contributed by atoms with Crippen LogP contribution in [0, 0.1) is 0 Å². The Bertz CT molecular complexity index is 4030. The fraction of sp³-hybridized carbons (Fsp3) is 0. The van der Waals surface area contributed by atoms with Gasteiger partial charge in [0.2, 0.25) is 0 Å². The highest BCUT2D eigenvalue weighted by Gasteiger charge is 2.22. The Labute approximate surface area is 330 Å². The van der Waals surface area contributed by atoms with E-state index in [-0.39, 0.29) is 0 Å². The quantitative estimate of drug-likeness (QED) is 0.166. The largest absolute Gasteiger partial charge is 0.456 e. The number of para-hydroxylation sites is 4. The van der Waals surface area contributed by atoms with Crippen molar-refractivity contribution in [3.8, 4) is 17.1 Å². The van der Waals surface area contributed by atoms with E-state index in [0.29, 0.717) is 0 Å². The Morgan fingerprint density at radius 1 is 0.241 bits per heavy atom. The molecular formula is C54H31N3O. The van der Waals surface area contributed by atoms with E-state index in [0.717, 1.165) is 33.7 Å². The normalized spacial score (nSPS) is 12.5. The van der Waals surface area contributed by atoms with Crippen molar-refractivity contribution in [3.63, 3.8) is 0 Å². The van der Waals surface area contributed by atoms with E-state index < -0.39 is 0 Å². The minimum absolute atomic E-state index is 0.914. The first-order chi connectivity index (χ1) is 28.8. The summed E-state index contributed by atoms with van der Waals surface area (Å²) in [5.74, 6) is 0. The molecule has 4 nitrogen and oxygen atoms in total. The van der Waals surface area contributed by atoms with Crippen LogP contribution in [0.5, 0.6) is 0 Å². The van der Waals surface area contributed by atoms with E-state index in [2.05, 4.69) is 202 Å². The molecule has 0 unspecified atom stereocenters. The first-order valence-electron chi connectivity index (χ1n) is 19.9. The molecule has 0 amide bonds. The Hall–Kier alpha value is -7.82. The van der Waals surface area contributed by atoms with Crippen molar-refractivity contribution in [2.24, 2.45) is 0 Å². The van der Waals surface area contributed by atoms with Crippen molar-refractivity contribution in [2.75, 3.05) is 0 Å². The van der Waals surface area contributed by atoms with Gasteiger partial charge in [-0.25, -0.2) is 0 Å². The monoisotopic (exact) mass is 737 g/mol. The van der Waals surface area contributed by atoms with Crippen molar-refractivity contribution in [1.82, 2.24) is 13.7 Å². The molecular weight excluding hydrogens is 707 g/mol. The van der Waals surface area contributed by atoms with Gasteiger partial charge in [0.1, 0.15) is 11.2 Å². The molecule has 0 N–H and O–H groups in total. The number of furan rings is 1. The second kappa shape index (κ2) is 10.9. The van der Waals surface area contributed by atoms with Gasteiger partial charge < -0.3 is 18.1 Å². The van der Waals surface area contributed by atoms with Gasteiger partial charge in [-0.2, -0.15) is 0 Å². The first kappa shape index (κ1) is 30.4. The van der Waals surface area contributed by atoms with Crippen LogP contribution in [-0.2, 0) is 0 Å². The van der Waals surface area contributed by atoms with E-state index in [1.54, 1.807) is 0 Å². The molecule has 0 aliphatic heterocycles. The molecule has 58 heavy (non-hydrogen) atoms. The molecule has 0 saturated heterocycles. The summed E-state index contributed by atoms with van der Waals surface area (Å²) in [5.41, 5.74) is 12.4. The molecule has 0 bridgehead atoms. The first-order valence-corrected chi connectivity index (χ1v) is 19.9. The SMILES string of the molecule is c1ccc(-n2c3ccccc3c3cc4c(cc32)c2ccccc2n4-c2ccc3c(c2)c2ccccc2n3-c2cc3oc4cccc5c6ccccc6c(c2)c3c45)cc1. The maximum absolute atomic E-state index is 6.66. The highest BCUT2D eigenvalue weighted by molar-refractivity contribution is 6.33. The van der Waals surface area contributed by atoms with Crippen molar-refractivity contribution >= 4 is 109 Å². The molecule has 0 atom stereocenters. The van der Waals surface area contributed by atoms with Gasteiger partial charge in [-0.15, -0.1) is 0 Å². The number of nitrogens with zero attached hydrogens (tertiary/aromatic N) is 3. The fourth-order valence-corrected chi connectivity index (χ4v) is 10.4. The molecule has 0 radical (unpaired) electrons. The Morgan fingerprint density at radius 2 is 0.707 bits per heavy atom. The van der Waals surface area contributed by atoms with E-state index >= 15 is 0 Å². The van der Waals surface area contributed by atoms with E-state index in [9.17, 15) is 0 Å². The molecule has 10 aromatic carbocycles. The molecule has 4 aromatic heterocycles. The average Bonchev–Trinajstić information content (AvgIpc) is 4.01. The van der Waals surface area contributed by atoms with Crippen molar-refractivity contribution in [3.05, 3.63) is 188 Å². The standard InChI is InChI=1S/C54H31N3O/c1-2-13-32(14-3-1)55-45-21-9-7-18-38(45)42-31-50-43(30-49(42)55)39-19-8-10-22-46(39)56(50)33-25-26-48-41(27-33)37-17-6-11-23-47(37)57(48)34-28-44-36-16-5-4-15-35(36)40-20-12-24-51-53(40)54(44)52(29-34)58-51/h1-31H. The molecule has 0 aliphatic carbocycles. The molecule has 0 fully saturated rings. The summed E-state index contributed by atoms with van der Waals surface area (Å²) < 4.78 is 14.0. The smallest absolute Gasteiger partial charge is 0.138 e. The number of benzene rings is 10. The predicted octanol–water partition coefficient (Wildman–Crippen LogP) is 14.6. The Morgan fingerprint density at radius 3 is 1.36 bits per heavy atom. The fourth-order valence-electron chi connectivity index (χ4n) is 10.4. The number of hydrogen-bond acceptors (Lipinski definition) is 1. The molecule has 0 saturated carbocycles. The van der Waals surface area contributed by atoms with Crippen LogP contribution in [0.25, 0.3) is 126 Å². The van der Waals surface area contributed by atoms with Crippen molar-refractivity contribution in [1.29, 1.82) is 0 Å². The maximum Gasteiger partial charge on any atom is 0.138 e. The zero-order valence-corrected chi connectivity index (χ0v) is 31.1. The number of hydrogen-bond donors (Lipinski definition) is 0. The Balaban J connectivity index is 1.05. The number of aromatic nitrogens is 3. The lowest BCUT2D eigenvalue weighted by molar-refractivity contribution is 0.669. The highest BCUT2D eigenvalue weighted by Crippen LogP contribution is 2.45. The van der Waals surface area contributed by atoms with Crippen molar-refractivity contribution < 1.29 is 4.42 Å². The minimum Gasteiger partial charge on any atom is -0.456 e. The van der Waals surface area contributed by atoms with E-state index in [4.69, 9.17) is 4.42 Å². The summed E-state index contributed by atoms with van der Waals surface area (Å²) in [6.07, 6.45) is 0. The second-order valence-electron chi connectivity index (χ2n) is 15.7. The lowest BCUT2D eigenvalue weighted by Crippen LogP contribution is -1.96. The zero-order valence-electron chi connectivity index (χ0n) is 31.1. The van der Waals surface area contributed by atoms with Gasteiger partial charge in [0.05, 0.1) is 38.8 Å². The lowest BCUT2D eigenvalue weighted by Gasteiger charge is -2.13. The molecule has 14 rings (SSSR count). The molecule has 0 spiro atoms. The van der Waals surface area contributed by atoms with Crippen LogP contribution in [0.15, 0.2) is 192 Å². The molecule has 268 valence electrons. The summed E-state index contributed by atoms with van der Waals surface area (Å²) in [6, 6.07) is 68.8. The third kappa shape index (κ3) is 3.84. The third-order valence-electron chi connectivity index (χ3n) is 12.7. The van der Waals surface area contributed by atoms with Gasteiger partial charge in [-0.05, 0) is 94.3 Å². The van der Waals surface area contributed by atoms with Crippen LogP contribution in [0.1, 0.15) is 0 Å². The predicted molar refractivity (Wildman–Crippen MR) is 243 cm³/mol. The average molecular weight is 738 g/mol. The van der Waals surface area contributed by atoms with Crippen LogP contribution >= 0.6 is 0 Å². The summed E-state index contributed by atoms with van der Waals surface area (Å²) in [7, 11) is 0. The third-order valence-corrected chi connectivity index (χ3v) is 12.7. The molecule has 0 aliphatic rings. The summed E-state index contributed by atoms with van der Waals surface area (Å²) in [6.45, 7) is 0. The number of fused-ring (bicyclic) bond motifs is 12. The zero-order chi connectivity index (χ0) is 37.6. The van der Waals surface area contributed by atoms with Gasteiger partial charge in [0, 0.05) is 60.5 Å². The minimum atomic E-state index is 0.914. The van der Waals surface area contributed by atoms with Gasteiger partial charge in [0.15, 0.2) is 0 Å². The van der Waals surface area contributed by atoms with E-state index in [1.165, 1.54) is 92.2 Å². The maximum atomic E-state index is 6.66. The van der Waals surface area contributed by atoms with Gasteiger partial charge in [0.25, 0.3) is 0 Å². The highest BCUT2D eigenvalue weighted by atomic mass is 16.3. The van der Waals surface area contributed by atoms with Gasteiger partial charge in [-0.1, -0.05) is 109 Å². The van der Waals surface area contributed by atoms with Crippen LogP contribution in [0.2, 0.25) is 0 Å². The van der Waals surface area contributed by atoms with Crippen LogP contribution in [-0.4, -0.2) is 13.7 Å². The van der Waals surface area contributed by atoms with Crippen molar-refractivity contribution in [2.45, 2.75) is 0 Å². The van der Waals surface area contributed by atoms with Crippen LogP contribution < -0.4 is 0 Å². The van der Waals surface area contributed by atoms with Gasteiger partial charge >= 0.3 is 0 Å². The molecule has 14 aromatic rings. The van der Waals surface area contributed by atoms with E-state index in [1.807, 2.05) is 0 Å². The Kier molecular flexibility index (Phi) is 5.73. The number of rotatable bonds is 3. The lowest BCUT2D eigenvalue weighted by atomic mass is 9.94.